The number of carbonyl (C=O) groups excluding carboxylic acids is 4. The molecule has 0 aromatic heterocycles. The predicted octanol–water partition coefficient (Wildman–Crippen LogP) is -0.150. The lowest BCUT2D eigenvalue weighted by atomic mass is 10.1. The highest BCUT2D eigenvalue weighted by atomic mass is 16.6. The normalized spacial score (nSPS) is 9.78. The lowest BCUT2D eigenvalue weighted by Crippen LogP contribution is -2.27. The van der Waals surface area contributed by atoms with Gasteiger partial charge in [-0.25, -0.2) is 19.2 Å². The summed E-state index contributed by atoms with van der Waals surface area (Å²) in [4.78, 5) is 48.2. The van der Waals surface area contributed by atoms with E-state index in [1.807, 2.05) is 0 Å². The number of hydrogen-bond acceptors (Lipinski definition) is 8. The second-order valence-electron chi connectivity index (χ2n) is 4.98. The molecule has 1 aromatic carbocycles. The molecular formula is C19H22O8. The number of esters is 4. The van der Waals surface area contributed by atoms with Crippen LogP contribution in [-0.4, -0.2) is 50.8 Å². The average Bonchev–Trinajstić information content (AvgIpc) is 2.64. The quantitative estimate of drug-likeness (QED) is 0.366. The first-order valence-electron chi connectivity index (χ1n) is 8.35. The Bertz CT molecular complexity index is 794. The molecule has 0 radical (unpaired) electrons. The van der Waals surface area contributed by atoms with E-state index in [4.69, 9.17) is 14.2 Å². The van der Waals surface area contributed by atoms with E-state index in [0.717, 1.165) is 7.11 Å². The lowest BCUT2D eigenvalue weighted by molar-refractivity contribution is -0.144. The van der Waals surface area contributed by atoms with Crippen molar-refractivity contribution in [3.05, 3.63) is 34.7 Å². The van der Waals surface area contributed by atoms with Crippen molar-refractivity contribution in [2.45, 2.75) is 20.8 Å². The van der Waals surface area contributed by atoms with Gasteiger partial charge in [-0.15, -0.1) is 0 Å². The highest BCUT2D eigenvalue weighted by Crippen LogP contribution is 2.03. The summed E-state index contributed by atoms with van der Waals surface area (Å²) in [7, 11) is 1.14. The van der Waals surface area contributed by atoms with Crippen LogP contribution < -0.4 is 10.4 Å². The van der Waals surface area contributed by atoms with Gasteiger partial charge in [0.2, 0.25) is 0 Å². The third-order valence-electron chi connectivity index (χ3n) is 3.29. The van der Waals surface area contributed by atoms with Crippen molar-refractivity contribution in [1.29, 1.82) is 0 Å². The van der Waals surface area contributed by atoms with Gasteiger partial charge in [-0.3, -0.25) is 0 Å². The van der Waals surface area contributed by atoms with E-state index < -0.39 is 23.9 Å². The molecule has 0 saturated heterocycles. The largest absolute Gasteiger partial charge is 0.465 e. The van der Waals surface area contributed by atoms with E-state index in [1.54, 1.807) is 20.8 Å². The summed E-state index contributed by atoms with van der Waals surface area (Å²) < 4.78 is 19.3. The zero-order chi connectivity index (χ0) is 20.4. The van der Waals surface area contributed by atoms with Gasteiger partial charge in [0.05, 0.1) is 26.9 Å². The molecule has 0 spiro atoms. The summed E-state index contributed by atoms with van der Waals surface area (Å²) >= 11 is 0. The number of carbonyl (C=O) groups is 4. The summed E-state index contributed by atoms with van der Waals surface area (Å²) in [6, 6.07) is 5.61. The molecule has 0 aliphatic carbocycles. The van der Waals surface area contributed by atoms with Gasteiger partial charge >= 0.3 is 23.9 Å². The molecule has 8 nitrogen and oxygen atoms in total. The van der Waals surface area contributed by atoms with Crippen LogP contribution >= 0.6 is 0 Å². The molecule has 0 bridgehead atoms. The van der Waals surface area contributed by atoms with Crippen molar-refractivity contribution in [2.24, 2.45) is 0 Å². The monoisotopic (exact) mass is 378 g/mol. The van der Waals surface area contributed by atoms with Crippen LogP contribution in [0.3, 0.4) is 0 Å². The molecule has 1 rings (SSSR count). The number of methoxy groups -OCH3 is 1. The van der Waals surface area contributed by atoms with Crippen molar-refractivity contribution in [3.63, 3.8) is 0 Å². The molecule has 27 heavy (non-hydrogen) atoms. The first-order valence-corrected chi connectivity index (χ1v) is 8.35. The molecule has 0 saturated carbocycles. The molecule has 0 heterocycles. The molecule has 0 fully saturated rings. The van der Waals surface area contributed by atoms with Crippen molar-refractivity contribution in [2.75, 3.05) is 26.9 Å². The number of rotatable bonds is 7. The first-order chi connectivity index (χ1) is 12.9. The highest BCUT2D eigenvalue weighted by molar-refractivity contribution is 6.37. The van der Waals surface area contributed by atoms with Gasteiger partial charge < -0.3 is 18.9 Å². The van der Waals surface area contributed by atoms with Crippen LogP contribution in [0.4, 0.5) is 0 Å². The van der Waals surface area contributed by atoms with Gasteiger partial charge in [0.25, 0.3) is 0 Å². The summed E-state index contributed by atoms with van der Waals surface area (Å²) in [5.41, 5.74) is -0.569. The minimum Gasteiger partial charge on any atom is -0.465 e. The van der Waals surface area contributed by atoms with Crippen LogP contribution in [-0.2, 0) is 38.1 Å². The Labute approximate surface area is 156 Å². The molecule has 0 unspecified atom stereocenters. The van der Waals surface area contributed by atoms with Crippen LogP contribution in [0, 0.1) is 0 Å². The van der Waals surface area contributed by atoms with Gasteiger partial charge in [-0.1, -0.05) is 24.3 Å². The molecule has 0 amide bonds. The zero-order valence-electron chi connectivity index (χ0n) is 15.7. The topological polar surface area (TPSA) is 105 Å². The minimum absolute atomic E-state index is 0.0844. The lowest BCUT2D eigenvalue weighted by Gasteiger charge is -2.07. The van der Waals surface area contributed by atoms with Gasteiger partial charge in [0.1, 0.15) is 0 Å². The van der Waals surface area contributed by atoms with E-state index in [1.165, 1.54) is 24.3 Å². The Balaban J connectivity index is 3.62. The van der Waals surface area contributed by atoms with E-state index in [9.17, 15) is 19.2 Å². The molecule has 8 heteroatoms. The van der Waals surface area contributed by atoms with Gasteiger partial charge in [-0.2, -0.15) is 0 Å². The molecule has 0 aliphatic heterocycles. The van der Waals surface area contributed by atoms with Gasteiger partial charge in [0.15, 0.2) is 11.1 Å². The summed E-state index contributed by atoms with van der Waals surface area (Å²) in [5.74, 6) is -3.35. The van der Waals surface area contributed by atoms with Crippen molar-refractivity contribution < 1.29 is 38.1 Å². The van der Waals surface area contributed by atoms with E-state index in [2.05, 4.69) is 4.74 Å². The number of benzene rings is 1. The van der Waals surface area contributed by atoms with Crippen molar-refractivity contribution in [1.82, 2.24) is 0 Å². The minimum atomic E-state index is -0.860. The molecule has 1 aromatic rings. The second kappa shape index (κ2) is 10.7. The summed E-state index contributed by atoms with van der Waals surface area (Å²) in [5, 5.41) is 0.444. The number of hydrogen-bond donors (Lipinski definition) is 0. The Hall–Kier alpha value is -3.16. The number of ether oxygens (including phenoxy) is 4. The van der Waals surface area contributed by atoms with Gasteiger partial charge in [0, 0.05) is 0 Å². The fraction of sp³-hybridized carbons (Fsp3) is 0.368. The van der Waals surface area contributed by atoms with Crippen LogP contribution in [0.15, 0.2) is 24.3 Å². The van der Waals surface area contributed by atoms with E-state index in [-0.39, 0.29) is 41.4 Å². The molecular weight excluding hydrogens is 356 g/mol. The van der Waals surface area contributed by atoms with Crippen LogP contribution in [0.5, 0.6) is 0 Å². The smallest absolute Gasteiger partial charge is 0.346 e. The Morgan fingerprint density at radius 3 is 1.19 bits per heavy atom. The van der Waals surface area contributed by atoms with Crippen LogP contribution in [0.2, 0.25) is 0 Å². The maximum atomic E-state index is 12.1. The van der Waals surface area contributed by atoms with Crippen LogP contribution in [0.1, 0.15) is 20.8 Å². The third-order valence-corrected chi connectivity index (χ3v) is 3.29. The fourth-order valence-electron chi connectivity index (χ4n) is 2.15. The Morgan fingerprint density at radius 2 is 0.926 bits per heavy atom. The van der Waals surface area contributed by atoms with Gasteiger partial charge in [-0.05, 0) is 31.2 Å². The fourth-order valence-corrected chi connectivity index (χ4v) is 2.15. The highest BCUT2D eigenvalue weighted by Gasteiger charge is 2.23. The Kier molecular flexibility index (Phi) is 8.71. The van der Waals surface area contributed by atoms with Crippen molar-refractivity contribution in [3.8, 4) is 0 Å². The summed E-state index contributed by atoms with van der Waals surface area (Å²) in [6.07, 6.45) is 0. The second-order valence-corrected chi connectivity index (χ2v) is 4.98. The predicted molar refractivity (Wildman–Crippen MR) is 94.4 cm³/mol. The molecule has 146 valence electrons. The average molecular weight is 378 g/mol. The SMILES string of the molecule is CCOC(=O)C(C(=O)OC)=c1ccc(=C(C(=O)OCC)C(=O)OCC)cc1. The molecule has 0 N–H and O–H groups in total. The molecule has 0 atom stereocenters. The third kappa shape index (κ3) is 5.67. The summed E-state index contributed by atoms with van der Waals surface area (Å²) in [6.45, 7) is 5.09. The zero-order valence-corrected chi connectivity index (χ0v) is 15.7. The van der Waals surface area contributed by atoms with Crippen LogP contribution in [0.25, 0.3) is 11.1 Å². The van der Waals surface area contributed by atoms with Crippen molar-refractivity contribution >= 4 is 35.0 Å². The van der Waals surface area contributed by atoms with E-state index >= 15 is 0 Å². The Morgan fingerprint density at radius 1 is 0.630 bits per heavy atom. The molecule has 0 aliphatic rings. The standard InChI is InChI=1S/C19H22O8/c1-5-25-17(21)14(16(20)24-4)12-8-10-13(11-9-12)15(18(22)26-6-2)19(23)27-7-3/h8-11H,5-7H2,1-4H3. The maximum absolute atomic E-state index is 12.1. The maximum Gasteiger partial charge on any atom is 0.346 e. The van der Waals surface area contributed by atoms with E-state index in [0.29, 0.717) is 0 Å². The first kappa shape index (κ1) is 21.9.